The Morgan fingerprint density at radius 2 is 1.83 bits per heavy atom. The van der Waals surface area contributed by atoms with Crippen molar-refractivity contribution >= 4 is 17.3 Å². The maximum atomic E-state index is 12.9. The van der Waals surface area contributed by atoms with Gasteiger partial charge in [-0.2, -0.15) is 0 Å². The predicted molar refractivity (Wildman–Crippen MR) is 111 cm³/mol. The summed E-state index contributed by atoms with van der Waals surface area (Å²) in [6.07, 6.45) is 2.10. The van der Waals surface area contributed by atoms with Gasteiger partial charge in [0.1, 0.15) is 0 Å². The predicted octanol–water partition coefficient (Wildman–Crippen LogP) is 3.96. The number of benzene rings is 1. The van der Waals surface area contributed by atoms with E-state index in [1.807, 2.05) is 12.1 Å². The Balaban J connectivity index is 2.16. The number of nitrogens with zero attached hydrogens (tertiary/aromatic N) is 1. The Bertz CT molecular complexity index is 834. The summed E-state index contributed by atoms with van der Waals surface area (Å²) in [6, 6.07) is 3.92. The van der Waals surface area contributed by atoms with Crippen molar-refractivity contribution in [1.82, 2.24) is 4.90 Å². The average Bonchev–Trinajstić information content (AvgIpc) is 3.06. The monoisotopic (exact) mass is 401 g/mol. The van der Waals surface area contributed by atoms with Crippen LogP contribution in [0.3, 0.4) is 0 Å². The number of rotatable bonds is 5. The van der Waals surface area contributed by atoms with E-state index in [4.69, 9.17) is 14.2 Å². The molecule has 1 aromatic rings. The molecular weight excluding hydrogens is 370 g/mol. The fraction of sp³-hybridized carbons (Fsp3) is 0.565. The Hall–Kier alpha value is -2.34. The highest BCUT2D eigenvalue weighted by Gasteiger charge is 2.31. The van der Waals surface area contributed by atoms with E-state index >= 15 is 0 Å². The van der Waals surface area contributed by atoms with Gasteiger partial charge in [-0.05, 0) is 63.4 Å². The maximum Gasteiger partial charge on any atom is 0.316 e. The van der Waals surface area contributed by atoms with E-state index in [1.165, 1.54) is 0 Å². The number of hydrogen-bond acceptors (Lipinski definition) is 6. The van der Waals surface area contributed by atoms with E-state index in [2.05, 4.69) is 11.8 Å². The number of ketones is 1. The van der Waals surface area contributed by atoms with Crippen molar-refractivity contribution in [3.63, 3.8) is 0 Å². The van der Waals surface area contributed by atoms with Crippen LogP contribution < -0.4 is 9.47 Å². The highest BCUT2D eigenvalue weighted by atomic mass is 16.7. The largest absolute Gasteiger partial charge is 0.454 e. The first-order valence-corrected chi connectivity index (χ1v) is 10.4. The number of hydrogen-bond donors (Lipinski definition) is 0. The lowest BCUT2D eigenvalue weighted by Crippen LogP contribution is -2.29. The third-order valence-electron chi connectivity index (χ3n) is 5.20. The number of Topliss-reactive ketones (excluding diaryl/α,β-unsaturated/α-hetero) is 1. The summed E-state index contributed by atoms with van der Waals surface area (Å²) >= 11 is 0. The minimum atomic E-state index is -0.703. The van der Waals surface area contributed by atoms with E-state index in [9.17, 15) is 9.59 Å². The third-order valence-corrected chi connectivity index (χ3v) is 5.20. The highest BCUT2D eigenvalue weighted by molar-refractivity contribution is 6.03. The van der Waals surface area contributed by atoms with Gasteiger partial charge in [0.15, 0.2) is 23.0 Å². The van der Waals surface area contributed by atoms with Gasteiger partial charge in [0.05, 0.1) is 5.41 Å². The van der Waals surface area contributed by atoms with E-state index in [0.717, 1.165) is 48.4 Å². The van der Waals surface area contributed by atoms with Crippen LogP contribution in [0, 0.1) is 5.41 Å². The normalized spacial score (nSPS) is 18.1. The fourth-order valence-corrected chi connectivity index (χ4v) is 3.53. The lowest BCUT2D eigenvalue weighted by molar-refractivity contribution is -0.150. The first-order chi connectivity index (χ1) is 13.7. The van der Waals surface area contributed by atoms with Crippen LogP contribution in [0.4, 0.5) is 0 Å². The molecular formula is C23H31NO5. The molecule has 0 N–H and O–H groups in total. The van der Waals surface area contributed by atoms with Crippen LogP contribution in [-0.2, 0) is 20.7 Å². The van der Waals surface area contributed by atoms with Crippen LogP contribution in [0.25, 0.3) is 5.57 Å². The standard InChI is InChI=1S/C23H31NO5/c1-6-9-24-10-8-15-11-19-20(28-14-27-19)12-16(15)17(13-24)21(18(25)7-2)29-22(26)23(3,4)5/h11-12H,6-10,13-14H2,1-5H3/b21-17-. The molecule has 2 aliphatic rings. The molecule has 0 unspecified atom stereocenters. The Morgan fingerprint density at radius 1 is 1.14 bits per heavy atom. The van der Waals surface area contributed by atoms with Crippen molar-refractivity contribution in [2.24, 2.45) is 5.41 Å². The molecule has 0 fully saturated rings. The van der Waals surface area contributed by atoms with Gasteiger partial charge in [-0.25, -0.2) is 0 Å². The molecule has 0 saturated carbocycles. The molecule has 29 heavy (non-hydrogen) atoms. The second-order valence-electron chi connectivity index (χ2n) is 8.61. The molecule has 0 atom stereocenters. The van der Waals surface area contributed by atoms with Crippen molar-refractivity contribution in [2.75, 3.05) is 26.4 Å². The van der Waals surface area contributed by atoms with Crippen molar-refractivity contribution in [3.8, 4) is 11.5 Å². The van der Waals surface area contributed by atoms with Crippen LogP contribution in [0.2, 0.25) is 0 Å². The minimum Gasteiger partial charge on any atom is -0.454 e. The molecule has 2 heterocycles. The highest BCUT2D eigenvalue weighted by Crippen LogP contribution is 2.40. The van der Waals surface area contributed by atoms with Crippen LogP contribution in [-0.4, -0.2) is 43.1 Å². The first-order valence-electron chi connectivity index (χ1n) is 10.4. The molecule has 0 amide bonds. The Kier molecular flexibility index (Phi) is 6.32. The maximum absolute atomic E-state index is 12.9. The molecule has 1 aromatic carbocycles. The third kappa shape index (κ3) is 4.64. The van der Waals surface area contributed by atoms with Crippen LogP contribution in [0.5, 0.6) is 11.5 Å². The van der Waals surface area contributed by atoms with Gasteiger partial charge in [0.2, 0.25) is 6.79 Å². The van der Waals surface area contributed by atoms with Gasteiger partial charge in [0, 0.05) is 25.1 Å². The summed E-state index contributed by atoms with van der Waals surface area (Å²) in [7, 11) is 0. The van der Waals surface area contributed by atoms with E-state index in [-0.39, 0.29) is 24.8 Å². The van der Waals surface area contributed by atoms with Crippen LogP contribution in [0.15, 0.2) is 17.9 Å². The van der Waals surface area contributed by atoms with Crippen molar-refractivity contribution < 1.29 is 23.8 Å². The molecule has 6 heteroatoms. The van der Waals surface area contributed by atoms with Crippen LogP contribution >= 0.6 is 0 Å². The number of esters is 1. The fourth-order valence-electron chi connectivity index (χ4n) is 3.53. The smallest absolute Gasteiger partial charge is 0.316 e. The lowest BCUT2D eigenvalue weighted by Gasteiger charge is -2.23. The molecule has 6 nitrogen and oxygen atoms in total. The van der Waals surface area contributed by atoms with Gasteiger partial charge in [-0.15, -0.1) is 0 Å². The minimum absolute atomic E-state index is 0.163. The van der Waals surface area contributed by atoms with Gasteiger partial charge >= 0.3 is 5.97 Å². The Morgan fingerprint density at radius 3 is 2.45 bits per heavy atom. The number of fused-ring (bicyclic) bond motifs is 2. The van der Waals surface area contributed by atoms with E-state index in [0.29, 0.717) is 12.3 Å². The van der Waals surface area contributed by atoms with E-state index in [1.54, 1.807) is 27.7 Å². The zero-order valence-electron chi connectivity index (χ0n) is 18.1. The summed E-state index contributed by atoms with van der Waals surface area (Å²) in [5.74, 6) is 0.975. The molecule has 158 valence electrons. The molecule has 3 rings (SSSR count). The lowest BCUT2D eigenvalue weighted by atomic mass is 9.94. The first kappa shape index (κ1) is 21.4. The number of carbonyl (C=O) groups is 2. The molecule has 0 spiro atoms. The van der Waals surface area contributed by atoms with Gasteiger partial charge in [-0.1, -0.05) is 13.8 Å². The van der Waals surface area contributed by atoms with Crippen molar-refractivity contribution in [1.29, 1.82) is 0 Å². The van der Waals surface area contributed by atoms with E-state index < -0.39 is 11.4 Å². The zero-order chi connectivity index (χ0) is 21.2. The topological polar surface area (TPSA) is 65.1 Å². The molecule has 0 bridgehead atoms. The average molecular weight is 402 g/mol. The molecule has 0 aromatic heterocycles. The summed E-state index contributed by atoms with van der Waals surface area (Å²) in [6.45, 7) is 11.8. The number of allylic oxidation sites excluding steroid dienone is 1. The van der Waals surface area contributed by atoms with Crippen molar-refractivity contribution in [2.45, 2.75) is 53.9 Å². The SMILES string of the molecule is CCCN1CCc2cc3c(cc2/C(=C(\OC(=O)C(C)(C)C)C(=O)CC)C1)OCO3. The summed E-state index contributed by atoms with van der Waals surface area (Å²) in [5, 5.41) is 0. The molecule has 0 radical (unpaired) electrons. The molecule has 0 saturated heterocycles. The summed E-state index contributed by atoms with van der Waals surface area (Å²) < 4.78 is 16.9. The van der Waals surface area contributed by atoms with Crippen LogP contribution in [0.1, 0.15) is 58.6 Å². The second kappa shape index (κ2) is 8.57. The second-order valence-corrected chi connectivity index (χ2v) is 8.61. The summed E-state index contributed by atoms with van der Waals surface area (Å²) in [4.78, 5) is 27.8. The zero-order valence-corrected chi connectivity index (χ0v) is 18.1. The van der Waals surface area contributed by atoms with Gasteiger partial charge < -0.3 is 14.2 Å². The quantitative estimate of drug-likeness (QED) is 0.423. The summed E-state index contributed by atoms with van der Waals surface area (Å²) in [5.41, 5.74) is 2.04. The molecule has 0 aliphatic carbocycles. The molecule has 2 aliphatic heterocycles. The van der Waals surface area contributed by atoms with Gasteiger partial charge in [-0.3, -0.25) is 14.5 Å². The van der Waals surface area contributed by atoms with Crippen molar-refractivity contribution in [3.05, 3.63) is 29.0 Å². The number of ether oxygens (including phenoxy) is 3. The van der Waals surface area contributed by atoms with Gasteiger partial charge in [0.25, 0.3) is 0 Å². The number of carbonyl (C=O) groups excluding carboxylic acids is 2. The Labute approximate surface area is 172 Å².